The number of thioether (sulfide) groups is 1. The Morgan fingerprint density at radius 1 is 1.36 bits per heavy atom. The number of anilines is 2. The third-order valence-electron chi connectivity index (χ3n) is 4.62. The monoisotopic (exact) mass is 440 g/mol. The van der Waals surface area contributed by atoms with E-state index >= 15 is 0 Å². The number of esters is 1. The number of aromatic nitrogens is 2. The molecule has 1 aromatic heterocycles. The molecule has 0 saturated carbocycles. The first-order valence-corrected chi connectivity index (χ1v) is 11.0. The van der Waals surface area contributed by atoms with Gasteiger partial charge in [-0.3, -0.25) is 9.59 Å². The van der Waals surface area contributed by atoms with E-state index in [-0.39, 0.29) is 17.8 Å². The fourth-order valence-electron chi connectivity index (χ4n) is 2.92. The van der Waals surface area contributed by atoms with Gasteiger partial charge in [-0.25, -0.2) is 0 Å². The van der Waals surface area contributed by atoms with Crippen LogP contribution in [0, 0.1) is 12.8 Å². The Hall–Kier alpha value is -1.84. The van der Waals surface area contributed by atoms with Gasteiger partial charge in [0.15, 0.2) is 4.34 Å². The number of carbonyl (C=O) groups excluding carboxylic acids is 2. The highest BCUT2D eigenvalue weighted by molar-refractivity contribution is 8.01. The molecule has 1 aliphatic heterocycles. The van der Waals surface area contributed by atoms with Crippen LogP contribution in [0.1, 0.15) is 18.4 Å². The van der Waals surface area contributed by atoms with E-state index in [1.807, 2.05) is 25.1 Å². The molecule has 2 aromatic rings. The summed E-state index contributed by atoms with van der Waals surface area (Å²) < 4.78 is 5.50. The Balaban J connectivity index is 1.49. The van der Waals surface area contributed by atoms with E-state index in [0.29, 0.717) is 41.8 Å². The lowest BCUT2D eigenvalue weighted by atomic mass is 9.97. The summed E-state index contributed by atoms with van der Waals surface area (Å²) in [6.07, 6.45) is 1.30. The van der Waals surface area contributed by atoms with E-state index in [2.05, 4.69) is 15.5 Å². The molecule has 1 saturated heterocycles. The smallest absolute Gasteiger partial charge is 0.308 e. The van der Waals surface area contributed by atoms with E-state index in [9.17, 15) is 9.59 Å². The summed E-state index contributed by atoms with van der Waals surface area (Å²) in [6, 6.07) is 5.64. The number of nitrogens with zero attached hydrogens (tertiary/aromatic N) is 3. The number of piperidine rings is 1. The number of carbonyl (C=O) groups is 2. The predicted octanol–water partition coefficient (Wildman–Crippen LogP) is 3.75. The summed E-state index contributed by atoms with van der Waals surface area (Å²) in [5.41, 5.74) is 1.82. The van der Waals surface area contributed by atoms with Crippen LogP contribution in [0.15, 0.2) is 22.5 Å². The Bertz CT molecular complexity index is 853. The number of hydrogen-bond donors (Lipinski definition) is 1. The molecule has 28 heavy (non-hydrogen) atoms. The molecule has 0 unspecified atom stereocenters. The Morgan fingerprint density at radius 2 is 2.11 bits per heavy atom. The summed E-state index contributed by atoms with van der Waals surface area (Å²) in [5.74, 6) is 0.0516. The lowest BCUT2D eigenvalue weighted by Gasteiger charge is -2.30. The Morgan fingerprint density at radius 3 is 2.82 bits per heavy atom. The van der Waals surface area contributed by atoms with E-state index < -0.39 is 0 Å². The summed E-state index contributed by atoms with van der Waals surface area (Å²) in [5, 5.41) is 12.8. The van der Waals surface area contributed by atoms with Crippen LogP contribution in [0.2, 0.25) is 5.02 Å². The van der Waals surface area contributed by atoms with E-state index in [0.717, 1.165) is 15.6 Å². The zero-order chi connectivity index (χ0) is 20.1. The summed E-state index contributed by atoms with van der Waals surface area (Å²) in [6.45, 7) is 3.09. The molecule has 150 valence electrons. The molecule has 0 atom stereocenters. The number of amides is 1. The van der Waals surface area contributed by atoms with Gasteiger partial charge in [0.1, 0.15) is 0 Å². The fourth-order valence-corrected chi connectivity index (χ4v) is 4.76. The number of benzene rings is 1. The number of methoxy groups -OCH3 is 1. The Kier molecular flexibility index (Phi) is 7.14. The first-order chi connectivity index (χ1) is 13.5. The average molecular weight is 441 g/mol. The van der Waals surface area contributed by atoms with E-state index in [4.69, 9.17) is 16.3 Å². The molecule has 10 heteroatoms. The summed E-state index contributed by atoms with van der Waals surface area (Å²) in [4.78, 5) is 25.8. The highest BCUT2D eigenvalue weighted by atomic mass is 35.5. The van der Waals surface area contributed by atoms with E-state index in [1.165, 1.54) is 30.2 Å². The lowest BCUT2D eigenvalue weighted by molar-refractivity contribution is -0.148. The van der Waals surface area contributed by atoms with Gasteiger partial charge in [-0.15, -0.1) is 10.2 Å². The van der Waals surface area contributed by atoms with Crippen LogP contribution in [0.4, 0.5) is 10.8 Å². The standard InChI is InChI=1S/C18H21ClN4O3S2/c1-11-13(19)4-3-5-14(11)20-17-21-22-18(28-17)27-10-15(24)23-8-6-12(7-9-23)16(25)26-2/h3-5,12H,6-10H2,1-2H3,(H,20,21). The molecule has 0 bridgehead atoms. The van der Waals surface area contributed by atoms with Crippen LogP contribution < -0.4 is 5.32 Å². The fraction of sp³-hybridized carbons (Fsp3) is 0.444. The molecule has 1 aliphatic rings. The number of rotatable bonds is 6. The minimum Gasteiger partial charge on any atom is -0.469 e. The van der Waals surface area contributed by atoms with Crippen LogP contribution in [0.3, 0.4) is 0 Å². The molecule has 2 heterocycles. The summed E-state index contributed by atoms with van der Waals surface area (Å²) in [7, 11) is 1.40. The van der Waals surface area contributed by atoms with Crippen LogP contribution in [0.5, 0.6) is 0 Å². The molecule has 1 aromatic carbocycles. The second kappa shape index (κ2) is 9.58. The summed E-state index contributed by atoms with van der Waals surface area (Å²) >= 11 is 8.90. The zero-order valence-electron chi connectivity index (χ0n) is 15.6. The first kappa shape index (κ1) is 20.9. The van der Waals surface area contributed by atoms with Gasteiger partial charge in [0, 0.05) is 23.8 Å². The maximum Gasteiger partial charge on any atom is 0.308 e. The van der Waals surface area contributed by atoms with Crippen LogP contribution in [-0.4, -0.2) is 52.9 Å². The molecule has 3 rings (SSSR count). The molecular formula is C18H21ClN4O3S2. The van der Waals surface area contributed by atoms with Gasteiger partial charge in [0.05, 0.1) is 18.8 Å². The van der Waals surface area contributed by atoms with Gasteiger partial charge >= 0.3 is 5.97 Å². The largest absolute Gasteiger partial charge is 0.469 e. The highest BCUT2D eigenvalue weighted by Gasteiger charge is 2.27. The van der Waals surface area contributed by atoms with Crippen molar-refractivity contribution in [2.24, 2.45) is 5.92 Å². The van der Waals surface area contributed by atoms with Crippen molar-refractivity contribution in [1.82, 2.24) is 15.1 Å². The van der Waals surface area contributed by atoms with Gasteiger partial charge < -0.3 is 15.0 Å². The van der Waals surface area contributed by atoms with Crippen molar-refractivity contribution in [2.75, 3.05) is 31.3 Å². The van der Waals surface area contributed by atoms with Crippen molar-refractivity contribution in [3.05, 3.63) is 28.8 Å². The molecule has 1 amide bonds. The molecule has 0 aliphatic carbocycles. The maximum absolute atomic E-state index is 12.4. The normalized spacial score (nSPS) is 14.8. The second-order valence-electron chi connectivity index (χ2n) is 6.38. The van der Waals surface area contributed by atoms with Gasteiger partial charge in [0.2, 0.25) is 11.0 Å². The number of likely N-dealkylation sites (tertiary alicyclic amines) is 1. The molecular weight excluding hydrogens is 420 g/mol. The number of nitrogens with one attached hydrogen (secondary N) is 1. The van der Waals surface area contributed by atoms with Crippen LogP contribution in [-0.2, 0) is 14.3 Å². The zero-order valence-corrected chi connectivity index (χ0v) is 18.0. The SMILES string of the molecule is COC(=O)C1CCN(C(=O)CSc2nnc(Nc3cccc(Cl)c3C)s2)CC1. The maximum atomic E-state index is 12.4. The van der Waals surface area contributed by atoms with Gasteiger partial charge in [-0.1, -0.05) is 40.8 Å². The average Bonchev–Trinajstić information content (AvgIpc) is 3.16. The molecule has 1 N–H and O–H groups in total. The van der Waals surface area contributed by atoms with Crippen molar-refractivity contribution < 1.29 is 14.3 Å². The van der Waals surface area contributed by atoms with E-state index in [1.54, 1.807) is 4.90 Å². The molecule has 0 radical (unpaired) electrons. The second-order valence-corrected chi connectivity index (χ2v) is 8.98. The topological polar surface area (TPSA) is 84.4 Å². The van der Waals surface area contributed by atoms with Crippen LogP contribution in [0.25, 0.3) is 0 Å². The molecule has 1 fully saturated rings. The van der Waals surface area contributed by atoms with Crippen molar-refractivity contribution in [3.8, 4) is 0 Å². The van der Waals surface area contributed by atoms with Crippen molar-refractivity contribution in [3.63, 3.8) is 0 Å². The number of hydrogen-bond acceptors (Lipinski definition) is 8. The third-order valence-corrected chi connectivity index (χ3v) is 6.98. The quantitative estimate of drug-likeness (QED) is 0.540. The van der Waals surface area contributed by atoms with Crippen molar-refractivity contribution >= 4 is 57.4 Å². The minimum absolute atomic E-state index is 0.0451. The predicted molar refractivity (Wildman–Crippen MR) is 111 cm³/mol. The lowest BCUT2D eigenvalue weighted by Crippen LogP contribution is -2.41. The molecule has 7 nitrogen and oxygen atoms in total. The highest BCUT2D eigenvalue weighted by Crippen LogP contribution is 2.31. The number of halogens is 1. The Labute approximate surface area is 176 Å². The first-order valence-electron chi connectivity index (χ1n) is 8.82. The minimum atomic E-state index is -0.190. The third kappa shape index (κ3) is 5.15. The van der Waals surface area contributed by atoms with Gasteiger partial charge in [-0.05, 0) is 37.5 Å². The van der Waals surface area contributed by atoms with Crippen LogP contribution >= 0.6 is 34.7 Å². The van der Waals surface area contributed by atoms with Gasteiger partial charge in [-0.2, -0.15) is 0 Å². The van der Waals surface area contributed by atoms with Crippen molar-refractivity contribution in [1.29, 1.82) is 0 Å². The van der Waals surface area contributed by atoms with Crippen molar-refractivity contribution in [2.45, 2.75) is 24.1 Å². The molecule has 0 spiro atoms. The number of ether oxygens (including phenoxy) is 1. The van der Waals surface area contributed by atoms with Gasteiger partial charge in [0.25, 0.3) is 0 Å².